The fourth-order valence-corrected chi connectivity index (χ4v) is 1.86. The van der Waals surface area contributed by atoms with Gasteiger partial charge in [0.05, 0.1) is 0 Å². The van der Waals surface area contributed by atoms with Crippen molar-refractivity contribution in [2.24, 2.45) is 0 Å². The van der Waals surface area contributed by atoms with Crippen LogP contribution in [0.3, 0.4) is 0 Å². The van der Waals surface area contributed by atoms with E-state index < -0.39 is 0 Å². The molecule has 0 unspecified atom stereocenters. The number of aryl methyl sites for hydroxylation is 1. The van der Waals surface area contributed by atoms with Crippen LogP contribution >= 0.6 is 0 Å². The van der Waals surface area contributed by atoms with Crippen LogP contribution in [0.4, 0.5) is 0 Å². The fourth-order valence-electron chi connectivity index (χ4n) is 1.86. The fraction of sp³-hybridized carbons (Fsp3) is 0.357. The van der Waals surface area contributed by atoms with Crippen molar-refractivity contribution in [1.29, 1.82) is 5.26 Å². The SMILES string of the molecule is N#CCOc1ccccc1CNCCCc1ncn[nH]1. The highest BCUT2D eigenvalue weighted by atomic mass is 16.5. The quantitative estimate of drug-likeness (QED) is 0.709. The third-order valence-corrected chi connectivity index (χ3v) is 2.81. The van der Waals surface area contributed by atoms with Crippen LogP contribution in [0.2, 0.25) is 0 Å². The third kappa shape index (κ3) is 4.37. The summed E-state index contributed by atoms with van der Waals surface area (Å²) in [6.07, 6.45) is 3.38. The Morgan fingerprint density at radius 3 is 3.05 bits per heavy atom. The zero-order valence-electron chi connectivity index (χ0n) is 11.2. The van der Waals surface area contributed by atoms with Gasteiger partial charge in [-0.25, -0.2) is 4.98 Å². The van der Waals surface area contributed by atoms with Crippen LogP contribution in [-0.4, -0.2) is 28.3 Å². The Morgan fingerprint density at radius 2 is 2.25 bits per heavy atom. The summed E-state index contributed by atoms with van der Waals surface area (Å²) in [5.74, 6) is 1.67. The van der Waals surface area contributed by atoms with E-state index in [-0.39, 0.29) is 6.61 Å². The average Bonchev–Trinajstić information content (AvgIpc) is 2.99. The molecule has 0 aliphatic carbocycles. The molecule has 1 aromatic carbocycles. The molecule has 2 N–H and O–H groups in total. The summed E-state index contributed by atoms with van der Waals surface area (Å²) in [5.41, 5.74) is 1.06. The van der Waals surface area contributed by atoms with Crippen molar-refractivity contribution in [3.63, 3.8) is 0 Å². The summed E-state index contributed by atoms with van der Waals surface area (Å²) < 4.78 is 5.38. The Labute approximate surface area is 117 Å². The smallest absolute Gasteiger partial charge is 0.174 e. The number of ether oxygens (including phenoxy) is 1. The molecule has 6 heteroatoms. The topological polar surface area (TPSA) is 86.6 Å². The van der Waals surface area contributed by atoms with E-state index in [9.17, 15) is 0 Å². The van der Waals surface area contributed by atoms with E-state index in [0.29, 0.717) is 0 Å². The summed E-state index contributed by atoms with van der Waals surface area (Å²) in [7, 11) is 0. The lowest BCUT2D eigenvalue weighted by atomic mass is 10.2. The van der Waals surface area contributed by atoms with Crippen LogP contribution in [0.5, 0.6) is 5.75 Å². The summed E-state index contributed by atoms with van der Waals surface area (Å²) >= 11 is 0. The molecule has 1 heterocycles. The summed E-state index contributed by atoms with van der Waals surface area (Å²) in [6.45, 7) is 1.67. The van der Waals surface area contributed by atoms with Gasteiger partial charge in [-0.3, -0.25) is 5.10 Å². The summed E-state index contributed by atoms with van der Waals surface area (Å²) in [5, 5.41) is 18.6. The monoisotopic (exact) mass is 271 g/mol. The lowest BCUT2D eigenvalue weighted by Gasteiger charge is -2.09. The second-order valence-corrected chi connectivity index (χ2v) is 4.27. The molecule has 1 aromatic heterocycles. The first-order valence-electron chi connectivity index (χ1n) is 6.53. The van der Waals surface area contributed by atoms with Crippen molar-refractivity contribution < 1.29 is 4.74 Å². The third-order valence-electron chi connectivity index (χ3n) is 2.81. The second kappa shape index (κ2) is 7.92. The van der Waals surface area contributed by atoms with Gasteiger partial charge in [-0.05, 0) is 19.0 Å². The van der Waals surface area contributed by atoms with E-state index in [4.69, 9.17) is 10.00 Å². The van der Waals surface area contributed by atoms with E-state index in [0.717, 1.165) is 43.1 Å². The van der Waals surface area contributed by atoms with Gasteiger partial charge in [0.1, 0.15) is 24.0 Å². The molecule has 0 saturated heterocycles. The zero-order chi connectivity index (χ0) is 14.0. The van der Waals surface area contributed by atoms with Crippen LogP contribution < -0.4 is 10.1 Å². The van der Waals surface area contributed by atoms with Gasteiger partial charge in [-0.15, -0.1) is 0 Å². The number of para-hydroxylation sites is 1. The van der Waals surface area contributed by atoms with Gasteiger partial charge in [-0.2, -0.15) is 10.4 Å². The van der Waals surface area contributed by atoms with E-state index in [1.165, 1.54) is 6.33 Å². The molecule has 0 atom stereocenters. The second-order valence-electron chi connectivity index (χ2n) is 4.27. The lowest BCUT2D eigenvalue weighted by molar-refractivity contribution is 0.362. The molecule has 6 nitrogen and oxygen atoms in total. The number of nitrogens with one attached hydrogen (secondary N) is 2. The molecule has 0 bridgehead atoms. The molecule has 0 amide bonds. The molecule has 0 saturated carbocycles. The number of aromatic nitrogens is 3. The van der Waals surface area contributed by atoms with Gasteiger partial charge in [0, 0.05) is 18.5 Å². The molecule has 0 fully saturated rings. The van der Waals surface area contributed by atoms with Crippen LogP contribution in [0.25, 0.3) is 0 Å². The predicted octanol–water partition coefficient (Wildman–Crippen LogP) is 1.43. The number of nitriles is 1. The highest BCUT2D eigenvalue weighted by molar-refractivity contribution is 5.33. The van der Waals surface area contributed by atoms with Crippen molar-refractivity contribution in [3.05, 3.63) is 42.0 Å². The predicted molar refractivity (Wildman–Crippen MR) is 74.0 cm³/mol. The van der Waals surface area contributed by atoms with Crippen molar-refractivity contribution in [2.75, 3.05) is 13.2 Å². The first-order chi connectivity index (χ1) is 9.90. The van der Waals surface area contributed by atoms with Gasteiger partial charge in [-0.1, -0.05) is 18.2 Å². The maximum absolute atomic E-state index is 8.55. The van der Waals surface area contributed by atoms with Gasteiger partial charge < -0.3 is 10.1 Å². The van der Waals surface area contributed by atoms with E-state index in [2.05, 4.69) is 20.5 Å². The van der Waals surface area contributed by atoms with E-state index in [1.807, 2.05) is 30.3 Å². The molecule has 0 spiro atoms. The Hall–Kier alpha value is -2.39. The van der Waals surface area contributed by atoms with Crippen molar-refractivity contribution >= 4 is 0 Å². The number of nitrogens with zero attached hydrogens (tertiary/aromatic N) is 3. The van der Waals surface area contributed by atoms with Crippen molar-refractivity contribution in [3.8, 4) is 11.8 Å². The molecule has 104 valence electrons. The molecule has 0 aliphatic rings. The Balaban J connectivity index is 1.72. The summed E-state index contributed by atoms with van der Waals surface area (Å²) in [6, 6.07) is 9.72. The Kier molecular flexibility index (Phi) is 5.55. The van der Waals surface area contributed by atoms with Crippen LogP contribution in [-0.2, 0) is 13.0 Å². The molecule has 0 radical (unpaired) electrons. The molecule has 20 heavy (non-hydrogen) atoms. The van der Waals surface area contributed by atoms with Crippen LogP contribution in [0.1, 0.15) is 17.8 Å². The Bertz CT molecular complexity index is 547. The molecule has 0 aliphatic heterocycles. The van der Waals surface area contributed by atoms with Gasteiger partial charge in [0.25, 0.3) is 0 Å². The molecule has 2 aromatic rings. The van der Waals surface area contributed by atoms with Gasteiger partial charge in [0.2, 0.25) is 0 Å². The number of hydrogen-bond donors (Lipinski definition) is 2. The van der Waals surface area contributed by atoms with E-state index in [1.54, 1.807) is 0 Å². The lowest BCUT2D eigenvalue weighted by Crippen LogP contribution is -2.16. The maximum Gasteiger partial charge on any atom is 0.174 e. The van der Waals surface area contributed by atoms with Gasteiger partial charge >= 0.3 is 0 Å². The van der Waals surface area contributed by atoms with Crippen molar-refractivity contribution in [2.45, 2.75) is 19.4 Å². The number of rotatable bonds is 8. The number of hydrogen-bond acceptors (Lipinski definition) is 5. The number of aromatic amines is 1. The minimum atomic E-state index is 0.0719. The maximum atomic E-state index is 8.55. The highest BCUT2D eigenvalue weighted by Crippen LogP contribution is 2.17. The largest absolute Gasteiger partial charge is 0.478 e. The van der Waals surface area contributed by atoms with Crippen molar-refractivity contribution in [1.82, 2.24) is 20.5 Å². The standard InChI is InChI=1S/C14H17N5O/c15-7-9-20-13-5-2-1-4-12(13)10-16-8-3-6-14-17-11-18-19-14/h1-2,4-5,11,16H,3,6,8-10H2,(H,17,18,19). The first kappa shape index (κ1) is 14.0. The van der Waals surface area contributed by atoms with Gasteiger partial charge in [0.15, 0.2) is 6.61 Å². The minimum Gasteiger partial charge on any atom is -0.478 e. The molecular formula is C14H17N5O. The Morgan fingerprint density at radius 1 is 1.35 bits per heavy atom. The number of H-pyrrole nitrogens is 1. The zero-order valence-corrected chi connectivity index (χ0v) is 11.2. The average molecular weight is 271 g/mol. The van der Waals surface area contributed by atoms with Crippen LogP contribution in [0.15, 0.2) is 30.6 Å². The normalized spacial score (nSPS) is 10.2. The highest BCUT2D eigenvalue weighted by Gasteiger charge is 2.02. The molecule has 2 rings (SSSR count). The molecular weight excluding hydrogens is 254 g/mol. The number of benzene rings is 1. The summed E-state index contributed by atoms with van der Waals surface area (Å²) in [4.78, 5) is 4.07. The van der Waals surface area contributed by atoms with Crippen LogP contribution in [0, 0.1) is 11.3 Å². The van der Waals surface area contributed by atoms with E-state index >= 15 is 0 Å². The first-order valence-corrected chi connectivity index (χ1v) is 6.53. The minimum absolute atomic E-state index is 0.0719.